The summed E-state index contributed by atoms with van der Waals surface area (Å²) in [6.07, 6.45) is 6.00. The zero-order chi connectivity index (χ0) is 32.2. The van der Waals surface area contributed by atoms with Gasteiger partial charge in [0, 0.05) is 67.3 Å². The fourth-order valence-corrected chi connectivity index (χ4v) is 5.78. The number of non-ortho nitro benzene ring substituents is 1. The predicted octanol–water partition coefficient (Wildman–Crippen LogP) is 5.82. The number of nitrogens with one attached hydrogen (secondary N) is 4. The number of fused-ring (bicyclic) bond motifs is 1. The van der Waals surface area contributed by atoms with Gasteiger partial charge < -0.3 is 20.5 Å². The molecule has 0 radical (unpaired) electrons. The SMILES string of the molecule is CC(=O)Nc1nc(-c2ccc(NC(=C3C(=O)Nc4ccc([N+](=O)[O-])cc43)c3ccc(CCCN4CCCCC4=O)cc3)cc2)c[nH]1. The number of anilines is 3. The van der Waals surface area contributed by atoms with Gasteiger partial charge in [-0.2, -0.15) is 0 Å². The van der Waals surface area contributed by atoms with Crippen molar-refractivity contribution in [2.45, 2.75) is 39.0 Å². The topological polar surface area (TPSA) is 162 Å². The van der Waals surface area contributed by atoms with Gasteiger partial charge >= 0.3 is 0 Å². The van der Waals surface area contributed by atoms with Gasteiger partial charge in [-0.1, -0.05) is 36.4 Å². The van der Waals surface area contributed by atoms with Gasteiger partial charge in [0.1, 0.15) is 0 Å². The van der Waals surface area contributed by atoms with E-state index in [1.54, 1.807) is 12.3 Å². The number of rotatable bonds is 10. The Hall–Kier alpha value is -5.78. The Kier molecular flexibility index (Phi) is 8.59. The standard InChI is InChI=1S/C34H33N7O5/c1-21(42)36-34-35-20-29(39-34)23-11-13-25(14-12-23)37-32(31-27-19-26(41(45)46)15-16-28(27)38-33(31)44)24-9-7-22(8-10-24)5-4-18-40-17-3-2-6-30(40)43/h7-16,19-20,37H,2-6,17-18H2,1H3,(H,38,44)(H2,35,36,39,42). The molecule has 1 fully saturated rings. The number of amides is 3. The summed E-state index contributed by atoms with van der Waals surface area (Å²) in [5, 5.41) is 20.4. The fourth-order valence-electron chi connectivity index (χ4n) is 5.78. The molecule has 0 unspecified atom stereocenters. The first-order chi connectivity index (χ1) is 22.2. The maximum absolute atomic E-state index is 13.4. The van der Waals surface area contributed by atoms with E-state index >= 15 is 0 Å². The zero-order valence-corrected chi connectivity index (χ0v) is 25.3. The van der Waals surface area contributed by atoms with Crippen LogP contribution in [0.1, 0.15) is 49.3 Å². The maximum Gasteiger partial charge on any atom is 0.270 e. The highest BCUT2D eigenvalue weighted by molar-refractivity contribution is 6.37. The summed E-state index contributed by atoms with van der Waals surface area (Å²) in [5.41, 5.74) is 5.60. The molecule has 0 aliphatic carbocycles. The first kappa shape index (κ1) is 30.3. The van der Waals surface area contributed by atoms with Crippen molar-refractivity contribution in [1.82, 2.24) is 14.9 Å². The Morgan fingerprint density at radius 1 is 1.02 bits per heavy atom. The minimum atomic E-state index is -0.481. The number of carbonyl (C=O) groups is 3. The van der Waals surface area contributed by atoms with Gasteiger partial charge in [-0.25, -0.2) is 4.98 Å². The van der Waals surface area contributed by atoms with Crippen molar-refractivity contribution in [2.24, 2.45) is 0 Å². The van der Waals surface area contributed by atoms with Gasteiger partial charge in [-0.05, 0) is 55.0 Å². The smallest absolute Gasteiger partial charge is 0.270 e. The van der Waals surface area contributed by atoms with E-state index in [0.717, 1.165) is 55.5 Å². The number of aromatic amines is 1. The van der Waals surface area contributed by atoms with Gasteiger partial charge in [0.2, 0.25) is 17.8 Å². The van der Waals surface area contributed by atoms with Crippen LogP contribution in [-0.4, -0.2) is 50.6 Å². The van der Waals surface area contributed by atoms with Crippen LogP contribution in [0, 0.1) is 10.1 Å². The Morgan fingerprint density at radius 3 is 2.52 bits per heavy atom. The highest BCUT2D eigenvalue weighted by Crippen LogP contribution is 2.39. The third kappa shape index (κ3) is 6.65. The third-order valence-electron chi connectivity index (χ3n) is 8.09. The molecule has 234 valence electrons. The van der Waals surface area contributed by atoms with E-state index in [2.05, 4.69) is 25.9 Å². The average molecular weight is 620 g/mol. The van der Waals surface area contributed by atoms with Gasteiger partial charge in [-0.3, -0.25) is 29.8 Å². The van der Waals surface area contributed by atoms with E-state index in [1.165, 1.54) is 19.1 Å². The van der Waals surface area contributed by atoms with Gasteiger partial charge in [-0.15, -0.1) is 0 Å². The highest BCUT2D eigenvalue weighted by atomic mass is 16.6. The number of nitrogens with zero attached hydrogens (tertiary/aromatic N) is 3. The number of hydrogen-bond donors (Lipinski definition) is 4. The number of nitro benzene ring substituents is 1. The maximum atomic E-state index is 13.4. The number of aromatic nitrogens is 2. The quantitative estimate of drug-likeness (QED) is 0.0987. The summed E-state index contributed by atoms with van der Waals surface area (Å²) in [7, 11) is 0. The number of carbonyl (C=O) groups excluding carboxylic acids is 3. The van der Waals surface area contributed by atoms with Gasteiger partial charge in [0.25, 0.3) is 11.6 Å². The van der Waals surface area contributed by atoms with Gasteiger partial charge in [0.05, 0.1) is 21.9 Å². The third-order valence-corrected chi connectivity index (χ3v) is 8.09. The molecular weight excluding hydrogens is 586 g/mol. The van der Waals surface area contributed by atoms with Crippen molar-refractivity contribution in [1.29, 1.82) is 0 Å². The lowest BCUT2D eigenvalue weighted by Gasteiger charge is -2.26. The van der Waals surface area contributed by atoms with Crippen LogP contribution in [0.15, 0.2) is 72.9 Å². The Labute approximate surface area is 265 Å². The Balaban J connectivity index is 1.29. The van der Waals surface area contributed by atoms with Crippen molar-refractivity contribution in [2.75, 3.05) is 29.0 Å². The molecule has 12 nitrogen and oxygen atoms in total. The van der Waals surface area contributed by atoms with Crippen LogP contribution in [-0.2, 0) is 20.8 Å². The number of piperidine rings is 1. The molecule has 3 amide bonds. The van der Waals surface area contributed by atoms with Crippen LogP contribution >= 0.6 is 0 Å². The minimum absolute atomic E-state index is 0.114. The monoisotopic (exact) mass is 619 g/mol. The van der Waals surface area contributed by atoms with E-state index in [0.29, 0.717) is 46.3 Å². The Bertz CT molecular complexity index is 1840. The molecule has 6 rings (SSSR count). The summed E-state index contributed by atoms with van der Waals surface area (Å²) < 4.78 is 0. The van der Waals surface area contributed by atoms with Crippen molar-refractivity contribution < 1.29 is 19.3 Å². The molecule has 1 saturated heterocycles. The number of benzene rings is 3. The average Bonchev–Trinajstić information content (AvgIpc) is 3.64. The molecule has 0 saturated carbocycles. The second-order valence-corrected chi connectivity index (χ2v) is 11.3. The molecule has 4 N–H and O–H groups in total. The van der Waals surface area contributed by atoms with E-state index in [1.807, 2.05) is 53.4 Å². The summed E-state index contributed by atoms with van der Waals surface area (Å²) in [4.78, 5) is 57.3. The second kappa shape index (κ2) is 13.1. The molecule has 0 bridgehead atoms. The van der Waals surface area contributed by atoms with Crippen LogP contribution in [0.3, 0.4) is 0 Å². The van der Waals surface area contributed by atoms with Gasteiger partial charge in [0.15, 0.2) is 0 Å². The first-order valence-electron chi connectivity index (χ1n) is 15.2. The van der Waals surface area contributed by atoms with E-state index in [-0.39, 0.29) is 23.4 Å². The lowest BCUT2D eigenvalue weighted by molar-refractivity contribution is -0.384. The number of imidazole rings is 1. The second-order valence-electron chi connectivity index (χ2n) is 11.3. The Morgan fingerprint density at radius 2 is 1.80 bits per heavy atom. The first-order valence-corrected chi connectivity index (χ1v) is 15.2. The number of hydrogen-bond acceptors (Lipinski definition) is 7. The number of H-pyrrole nitrogens is 1. The van der Waals surface area contributed by atoms with Crippen LogP contribution in [0.2, 0.25) is 0 Å². The summed E-state index contributed by atoms with van der Waals surface area (Å²) >= 11 is 0. The molecule has 2 aliphatic rings. The number of aryl methyl sites for hydroxylation is 1. The predicted molar refractivity (Wildman–Crippen MR) is 176 cm³/mol. The van der Waals surface area contributed by atoms with E-state index < -0.39 is 4.92 Å². The molecule has 46 heavy (non-hydrogen) atoms. The van der Waals surface area contributed by atoms with Crippen LogP contribution in [0.25, 0.3) is 22.5 Å². The minimum Gasteiger partial charge on any atom is -0.354 e. The molecule has 0 spiro atoms. The van der Waals surface area contributed by atoms with E-state index in [9.17, 15) is 24.5 Å². The van der Waals surface area contributed by atoms with Crippen LogP contribution in [0.5, 0.6) is 0 Å². The molecule has 4 aromatic rings. The number of likely N-dealkylation sites (tertiary alicyclic amines) is 1. The van der Waals surface area contributed by atoms with Crippen LogP contribution < -0.4 is 16.0 Å². The molecule has 2 aliphatic heterocycles. The molecule has 0 atom stereocenters. The molecular formula is C34H33N7O5. The molecule has 3 heterocycles. The molecule has 1 aromatic heterocycles. The van der Waals surface area contributed by atoms with Crippen molar-refractivity contribution >= 4 is 52.0 Å². The van der Waals surface area contributed by atoms with Crippen molar-refractivity contribution in [3.63, 3.8) is 0 Å². The largest absolute Gasteiger partial charge is 0.354 e. The van der Waals surface area contributed by atoms with Crippen LogP contribution in [0.4, 0.5) is 23.0 Å². The summed E-state index contributed by atoms with van der Waals surface area (Å²) in [5.74, 6) is -0.0238. The lowest BCUT2D eigenvalue weighted by Crippen LogP contribution is -2.36. The lowest BCUT2D eigenvalue weighted by atomic mass is 9.98. The summed E-state index contributed by atoms with van der Waals surface area (Å²) in [6, 6.07) is 19.6. The van der Waals surface area contributed by atoms with Crippen molar-refractivity contribution in [3.05, 3.63) is 99.7 Å². The highest BCUT2D eigenvalue weighted by Gasteiger charge is 2.30. The normalized spacial score (nSPS) is 15.3. The number of nitro groups is 1. The fraction of sp³-hybridized carbons (Fsp3) is 0.235. The summed E-state index contributed by atoms with van der Waals surface area (Å²) in [6.45, 7) is 2.96. The zero-order valence-electron chi connectivity index (χ0n) is 25.3. The molecule has 12 heteroatoms. The van der Waals surface area contributed by atoms with Crippen molar-refractivity contribution in [3.8, 4) is 11.3 Å². The van der Waals surface area contributed by atoms with E-state index in [4.69, 9.17) is 0 Å². The molecule has 3 aromatic carbocycles.